The van der Waals surface area contributed by atoms with Crippen molar-refractivity contribution >= 4 is 17.6 Å². The average molecular weight is 268 g/mol. The molecule has 104 valence electrons. The molecule has 0 spiro atoms. The molecule has 0 aliphatic rings. The van der Waals surface area contributed by atoms with Crippen LogP contribution in [-0.2, 0) is 4.79 Å². The van der Waals surface area contributed by atoms with Crippen molar-refractivity contribution in [3.8, 4) is 0 Å². The number of hydrogen-bond donors (Lipinski definition) is 3. The minimum Gasteiger partial charge on any atom is -0.478 e. The summed E-state index contributed by atoms with van der Waals surface area (Å²) in [6.07, 6.45) is 0.636. The fourth-order valence-corrected chi connectivity index (χ4v) is 1.40. The molecule has 0 atom stereocenters. The summed E-state index contributed by atoms with van der Waals surface area (Å²) in [5, 5.41) is 11.1. The number of carboxylic acids is 1. The third-order valence-electron chi connectivity index (χ3n) is 2.49. The van der Waals surface area contributed by atoms with Crippen LogP contribution in [0.15, 0.2) is 18.2 Å². The van der Waals surface area contributed by atoms with E-state index in [4.69, 9.17) is 10.8 Å². The van der Waals surface area contributed by atoms with Gasteiger partial charge in [0.1, 0.15) is 5.82 Å². The molecule has 0 radical (unpaired) electrons. The minimum absolute atomic E-state index is 0.0372. The number of halogens is 1. The van der Waals surface area contributed by atoms with Crippen molar-refractivity contribution < 1.29 is 19.1 Å². The molecule has 1 aromatic carbocycles. The highest BCUT2D eigenvalue weighted by molar-refractivity contribution is 5.92. The Morgan fingerprint density at radius 2 is 2.05 bits per heavy atom. The number of benzene rings is 1. The van der Waals surface area contributed by atoms with Crippen LogP contribution in [0, 0.1) is 5.82 Å². The largest absolute Gasteiger partial charge is 0.478 e. The van der Waals surface area contributed by atoms with Crippen molar-refractivity contribution in [2.75, 3.05) is 5.32 Å². The Balaban J connectivity index is 2.67. The van der Waals surface area contributed by atoms with Crippen molar-refractivity contribution in [2.24, 2.45) is 5.73 Å². The summed E-state index contributed by atoms with van der Waals surface area (Å²) in [6, 6.07) is 3.32. The van der Waals surface area contributed by atoms with Gasteiger partial charge in [-0.05, 0) is 38.5 Å². The van der Waals surface area contributed by atoms with Crippen LogP contribution in [0.3, 0.4) is 0 Å². The lowest BCUT2D eigenvalue weighted by Crippen LogP contribution is -2.33. The number of nitrogens with two attached hydrogens (primary N) is 1. The second-order valence-corrected chi connectivity index (χ2v) is 5.04. The highest BCUT2D eigenvalue weighted by Crippen LogP contribution is 2.17. The number of nitrogens with one attached hydrogen (secondary N) is 1. The van der Waals surface area contributed by atoms with E-state index in [1.54, 1.807) is 13.8 Å². The van der Waals surface area contributed by atoms with Crippen molar-refractivity contribution in [1.82, 2.24) is 0 Å². The van der Waals surface area contributed by atoms with Gasteiger partial charge in [0.2, 0.25) is 5.91 Å². The Morgan fingerprint density at radius 3 is 2.53 bits per heavy atom. The first-order chi connectivity index (χ1) is 8.69. The number of carbonyl (C=O) groups excluding carboxylic acids is 1. The first kappa shape index (κ1) is 15.1. The fraction of sp³-hybridized carbons (Fsp3) is 0.385. The molecule has 0 aromatic heterocycles. The van der Waals surface area contributed by atoms with E-state index in [0.29, 0.717) is 6.42 Å². The van der Waals surface area contributed by atoms with Gasteiger partial charge in [-0.15, -0.1) is 0 Å². The topological polar surface area (TPSA) is 92.4 Å². The Morgan fingerprint density at radius 1 is 1.42 bits per heavy atom. The molecule has 1 amide bonds. The molecule has 4 N–H and O–H groups in total. The second-order valence-electron chi connectivity index (χ2n) is 5.04. The molecule has 0 saturated heterocycles. The lowest BCUT2D eigenvalue weighted by atomic mass is 10.00. The summed E-state index contributed by atoms with van der Waals surface area (Å²) < 4.78 is 13.5. The van der Waals surface area contributed by atoms with Gasteiger partial charge < -0.3 is 16.2 Å². The summed E-state index contributed by atoms with van der Waals surface area (Å²) in [5.74, 6) is -2.36. The SMILES string of the molecule is CC(C)(N)CCC(=O)Nc1ccc(C(=O)O)cc1F. The number of hydrogen-bond acceptors (Lipinski definition) is 3. The number of carbonyl (C=O) groups is 2. The van der Waals surface area contributed by atoms with Crippen LogP contribution >= 0.6 is 0 Å². The number of rotatable bonds is 5. The van der Waals surface area contributed by atoms with Gasteiger partial charge in [-0.2, -0.15) is 0 Å². The molecule has 0 heterocycles. The molecule has 19 heavy (non-hydrogen) atoms. The molecule has 1 rings (SSSR count). The van der Waals surface area contributed by atoms with E-state index in [1.165, 1.54) is 12.1 Å². The van der Waals surface area contributed by atoms with Gasteiger partial charge in [0.05, 0.1) is 11.3 Å². The fourth-order valence-electron chi connectivity index (χ4n) is 1.40. The van der Waals surface area contributed by atoms with Crippen molar-refractivity contribution in [3.05, 3.63) is 29.6 Å². The molecule has 5 nitrogen and oxygen atoms in total. The Kier molecular flexibility index (Phi) is 4.61. The molecule has 0 aliphatic heterocycles. The summed E-state index contributed by atoms with van der Waals surface area (Å²) >= 11 is 0. The number of amides is 1. The first-order valence-electron chi connectivity index (χ1n) is 5.80. The number of carboxylic acid groups (broad SMARTS) is 1. The zero-order valence-electron chi connectivity index (χ0n) is 10.9. The normalized spacial score (nSPS) is 11.2. The minimum atomic E-state index is -1.22. The third-order valence-corrected chi connectivity index (χ3v) is 2.49. The average Bonchev–Trinajstić information content (AvgIpc) is 2.28. The maximum atomic E-state index is 13.5. The summed E-state index contributed by atoms with van der Waals surface area (Å²) in [5.41, 5.74) is 5.07. The van der Waals surface area contributed by atoms with Gasteiger partial charge in [-0.1, -0.05) is 0 Å². The third kappa shape index (κ3) is 5.05. The zero-order valence-corrected chi connectivity index (χ0v) is 10.9. The number of aromatic carboxylic acids is 1. The first-order valence-corrected chi connectivity index (χ1v) is 5.80. The molecule has 6 heteroatoms. The van der Waals surface area contributed by atoms with Gasteiger partial charge in [-0.25, -0.2) is 9.18 Å². The summed E-state index contributed by atoms with van der Waals surface area (Å²) in [4.78, 5) is 22.2. The molecule has 0 unspecified atom stereocenters. The predicted molar refractivity (Wildman–Crippen MR) is 69.5 cm³/mol. The molecule has 0 bridgehead atoms. The van der Waals surface area contributed by atoms with E-state index >= 15 is 0 Å². The standard InChI is InChI=1S/C13H17FN2O3/c1-13(2,15)6-5-11(17)16-10-4-3-8(12(18)19)7-9(10)14/h3-4,7H,5-6,15H2,1-2H3,(H,16,17)(H,18,19). The van der Waals surface area contributed by atoms with Crippen LogP contribution in [-0.4, -0.2) is 22.5 Å². The molecule has 0 fully saturated rings. The summed E-state index contributed by atoms with van der Waals surface area (Å²) in [6.45, 7) is 3.59. The number of anilines is 1. The molecule has 1 aromatic rings. The lowest BCUT2D eigenvalue weighted by Gasteiger charge is -2.17. The van der Waals surface area contributed by atoms with E-state index in [-0.39, 0.29) is 23.6 Å². The van der Waals surface area contributed by atoms with Crippen LogP contribution in [0.25, 0.3) is 0 Å². The van der Waals surface area contributed by atoms with Crippen LogP contribution in [0.4, 0.5) is 10.1 Å². The second kappa shape index (κ2) is 5.79. The van der Waals surface area contributed by atoms with E-state index in [9.17, 15) is 14.0 Å². The highest BCUT2D eigenvalue weighted by atomic mass is 19.1. The smallest absolute Gasteiger partial charge is 0.335 e. The van der Waals surface area contributed by atoms with Crippen LogP contribution in [0.1, 0.15) is 37.0 Å². The van der Waals surface area contributed by atoms with E-state index in [0.717, 1.165) is 6.07 Å². The maximum Gasteiger partial charge on any atom is 0.335 e. The zero-order chi connectivity index (χ0) is 14.6. The maximum absolute atomic E-state index is 13.5. The van der Waals surface area contributed by atoms with Gasteiger partial charge in [-0.3, -0.25) is 4.79 Å². The van der Waals surface area contributed by atoms with Crippen molar-refractivity contribution in [3.63, 3.8) is 0 Å². The molecular formula is C13H17FN2O3. The Bertz CT molecular complexity index is 495. The lowest BCUT2D eigenvalue weighted by molar-refractivity contribution is -0.116. The van der Waals surface area contributed by atoms with Crippen molar-refractivity contribution in [1.29, 1.82) is 0 Å². The van der Waals surface area contributed by atoms with Crippen LogP contribution in [0.2, 0.25) is 0 Å². The quantitative estimate of drug-likeness (QED) is 0.761. The molecule has 0 saturated carbocycles. The molecular weight excluding hydrogens is 251 g/mol. The van der Waals surface area contributed by atoms with Crippen LogP contribution < -0.4 is 11.1 Å². The summed E-state index contributed by atoms with van der Waals surface area (Å²) in [7, 11) is 0. The van der Waals surface area contributed by atoms with Gasteiger partial charge in [0.15, 0.2) is 0 Å². The van der Waals surface area contributed by atoms with Crippen molar-refractivity contribution in [2.45, 2.75) is 32.2 Å². The van der Waals surface area contributed by atoms with Crippen LogP contribution in [0.5, 0.6) is 0 Å². The molecule has 0 aliphatic carbocycles. The van der Waals surface area contributed by atoms with Gasteiger partial charge in [0, 0.05) is 12.0 Å². The van der Waals surface area contributed by atoms with Gasteiger partial charge in [0.25, 0.3) is 0 Å². The predicted octanol–water partition coefficient (Wildman–Crippen LogP) is 1.98. The Labute approximate surface area is 110 Å². The van der Waals surface area contributed by atoms with E-state index < -0.39 is 17.3 Å². The van der Waals surface area contributed by atoms with E-state index in [1.807, 2.05) is 0 Å². The monoisotopic (exact) mass is 268 g/mol. The van der Waals surface area contributed by atoms with E-state index in [2.05, 4.69) is 5.32 Å². The van der Waals surface area contributed by atoms with Gasteiger partial charge >= 0.3 is 5.97 Å². The Hall–Kier alpha value is -1.95. The highest BCUT2D eigenvalue weighted by Gasteiger charge is 2.15.